The third-order valence-electron chi connectivity index (χ3n) is 3.00. The minimum absolute atomic E-state index is 0.104. The summed E-state index contributed by atoms with van der Waals surface area (Å²) in [4.78, 5) is 23.9. The summed E-state index contributed by atoms with van der Waals surface area (Å²) in [7, 11) is 0. The number of carboxylic acids is 1. The molecular weight excluding hydrogens is 230 g/mol. The highest BCUT2D eigenvalue weighted by molar-refractivity contribution is 7.80. The van der Waals surface area contributed by atoms with Crippen molar-refractivity contribution >= 4 is 24.5 Å². The first-order valence-electron chi connectivity index (χ1n) is 5.29. The topological polar surface area (TPSA) is 77.8 Å². The number of β-amino-alcohol motifs (C(OH)–C–C–N with tert-alkyl or cyclic N) is 1. The Morgan fingerprint density at radius 3 is 2.62 bits per heavy atom. The number of thiol groups is 1. The van der Waals surface area contributed by atoms with Gasteiger partial charge in [-0.15, -0.1) is 0 Å². The van der Waals surface area contributed by atoms with E-state index in [0.29, 0.717) is 12.2 Å². The van der Waals surface area contributed by atoms with Gasteiger partial charge in [0.25, 0.3) is 0 Å². The van der Waals surface area contributed by atoms with E-state index >= 15 is 0 Å². The van der Waals surface area contributed by atoms with Gasteiger partial charge in [-0.3, -0.25) is 4.79 Å². The lowest BCUT2D eigenvalue weighted by Gasteiger charge is -2.22. The quantitative estimate of drug-likeness (QED) is 0.617. The minimum Gasteiger partial charge on any atom is -0.480 e. The van der Waals surface area contributed by atoms with E-state index in [-0.39, 0.29) is 25.3 Å². The average molecular weight is 247 g/mol. The smallest absolute Gasteiger partial charge is 0.326 e. The highest BCUT2D eigenvalue weighted by Gasteiger charge is 2.46. The van der Waals surface area contributed by atoms with Crippen molar-refractivity contribution in [1.82, 2.24) is 4.90 Å². The molecule has 0 spiro atoms. The highest BCUT2D eigenvalue weighted by Crippen LogP contribution is 2.30. The van der Waals surface area contributed by atoms with Crippen LogP contribution in [-0.2, 0) is 9.59 Å². The van der Waals surface area contributed by atoms with Crippen molar-refractivity contribution in [2.24, 2.45) is 0 Å². The summed E-state index contributed by atoms with van der Waals surface area (Å²) in [6.45, 7) is 1.89. The molecule has 1 heterocycles. The molecule has 0 aromatic rings. The van der Waals surface area contributed by atoms with Crippen LogP contribution in [0.1, 0.15) is 26.2 Å². The Hall–Kier alpha value is -0.750. The molecule has 1 aliphatic heterocycles. The Morgan fingerprint density at radius 2 is 2.19 bits per heavy atom. The van der Waals surface area contributed by atoms with E-state index in [4.69, 9.17) is 5.11 Å². The number of nitrogens with zero attached hydrogens (tertiary/aromatic N) is 1. The molecule has 92 valence electrons. The van der Waals surface area contributed by atoms with E-state index in [9.17, 15) is 14.7 Å². The molecule has 1 rings (SSSR count). The standard InChI is InChI=1S/C10H17NO4S/c1-2-10(15)5-7(9(13)14)11(6-10)8(12)3-4-16/h7,15-16H,2-6H2,1H3,(H,13,14)/t7-,10?/m0/s1. The lowest BCUT2D eigenvalue weighted by molar-refractivity contribution is -0.148. The molecule has 2 N–H and O–H groups in total. The predicted octanol–water partition coefficient (Wildman–Crippen LogP) is 0.133. The van der Waals surface area contributed by atoms with Gasteiger partial charge in [0.2, 0.25) is 5.91 Å². The van der Waals surface area contributed by atoms with Gasteiger partial charge >= 0.3 is 5.97 Å². The van der Waals surface area contributed by atoms with Crippen LogP contribution in [0.2, 0.25) is 0 Å². The summed E-state index contributed by atoms with van der Waals surface area (Å²) in [5.74, 6) is -0.935. The van der Waals surface area contributed by atoms with Gasteiger partial charge in [0.05, 0.1) is 12.1 Å². The van der Waals surface area contributed by atoms with Crippen molar-refractivity contribution < 1.29 is 19.8 Å². The predicted molar refractivity (Wildman–Crippen MR) is 61.5 cm³/mol. The number of hydrogen-bond donors (Lipinski definition) is 3. The number of carbonyl (C=O) groups is 2. The SMILES string of the molecule is CCC1(O)C[C@@H](C(=O)O)N(C(=O)CCS)C1. The van der Waals surface area contributed by atoms with Crippen LogP contribution in [0.25, 0.3) is 0 Å². The maximum Gasteiger partial charge on any atom is 0.326 e. The maximum atomic E-state index is 11.7. The zero-order valence-corrected chi connectivity index (χ0v) is 10.1. The zero-order valence-electron chi connectivity index (χ0n) is 9.22. The number of aliphatic hydroxyl groups is 1. The second-order valence-corrected chi connectivity index (χ2v) is 4.58. The van der Waals surface area contributed by atoms with Crippen LogP contribution in [0.4, 0.5) is 0 Å². The molecule has 0 saturated carbocycles. The summed E-state index contributed by atoms with van der Waals surface area (Å²) in [5, 5.41) is 19.0. The number of carboxylic acid groups (broad SMARTS) is 1. The summed E-state index contributed by atoms with van der Waals surface area (Å²) >= 11 is 3.94. The van der Waals surface area contributed by atoms with E-state index in [1.54, 1.807) is 6.92 Å². The number of amides is 1. The second-order valence-electron chi connectivity index (χ2n) is 4.13. The Morgan fingerprint density at radius 1 is 1.56 bits per heavy atom. The highest BCUT2D eigenvalue weighted by atomic mass is 32.1. The summed E-state index contributed by atoms with van der Waals surface area (Å²) in [6.07, 6.45) is 0.755. The van der Waals surface area contributed by atoms with Gasteiger partial charge in [-0.25, -0.2) is 4.79 Å². The molecule has 1 fully saturated rings. The molecule has 1 amide bonds. The first kappa shape index (κ1) is 13.3. The molecule has 1 unspecified atom stereocenters. The first-order valence-corrected chi connectivity index (χ1v) is 5.92. The van der Waals surface area contributed by atoms with Crippen molar-refractivity contribution in [2.45, 2.75) is 37.8 Å². The molecule has 16 heavy (non-hydrogen) atoms. The van der Waals surface area contributed by atoms with Crippen LogP contribution in [0.3, 0.4) is 0 Å². The van der Waals surface area contributed by atoms with E-state index in [1.807, 2.05) is 0 Å². The van der Waals surface area contributed by atoms with Crippen LogP contribution in [0.15, 0.2) is 0 Å². The van der Waals surface area contributed by atoms with Crippen LogP contribution < -0.4 is 0 Å². The molecular formula is C10H17NO4S. The fourth-order valence-electron chi connectivity index (χ4n) is 1.94. The Bertz CT molecular complexity index is 297. The number of hydrogen-bond acceptors (Lipinski definition) is 4. The molecule has 0 aromatic carbocycles. The van der Waals surface area contributed by atoms with E-state index < -0.39 is 17.6 Å². The van der Waals surface area contributed by atoms with Gasteiger partial charge in [0, 0.05) is 12.8 Å². The Labute approximate surface area is 99.8 Å². The van der Waals surface area contributed by atoms with Gasteiger partial charge in [-0.1, -0.05) is 6.92 Å². The van der Waals surface area contributed by atoms with Crippen molar-refractivity contribution in [2.75, 3.05) is 12.3 Å². The third-order valence-corrected chi connectivity index (χ3v) is 3.23. The minimum atomic E-state index is -1.06. The molecule has 6 heteroatoms. The van der Waals surface area contributed by atoms with Crippen molar-refractivity contribution in [1.29, 1.82) is 0 Å². The second kappa shape index (κ2) is 5.05. The van der Waals surface area contributed by atoms with Gasteiger partial charge < -0.3 is 15.1 Å². The third kappa shape index (κ3) is 2.68. The first-order chi connectivity index (χ1) is 7.43. The van der Waals surface area contributed by atoms with Crippen LogP contribution in [-0.4, -0.2) is 50.9 Å². The Kier molecular flexibility index (Phi) is 4.21. The van der Waals surface area contributed by atoms with E-state index in [1.165, 1.54) is 4.90 Å². The molecule has 2 atom stereocenters. The summed E-state index contributed by atoms with van der Waals surface area (Å²) < 4.78 is 0. The number of likely N-dealkylation sites (tertiary alicyclic amines) is 1. The molecule has 0 bridgehead atoms. The van der Waals surface area contributed by atoms with E-state index in [2.05, 4.69) is 12.6 Å². The molecule has 0 aliphatic carbocycles. The fourth-order valence-corrected chi connectivity index (χ4v) is 2.13. The molecule has 0 aromatic heterocycles. The van der Waals surface area contributed by atoms with Gasteiger partial charge in [0.15, 0.2) is 0 Å². The summed E-state index contributed by atoms with van der Waals surface area (Å²) in [5.41, 5.74) is -1.06. The summed E-state index contributed by atoms with van der Waals surface area (Å²) in [6, 6.07) is -0.905. The number of carbonyl (C=O) groups excluding carboxylic acids is 1. The number of rotatable bonds is 4. The maximum absolute atomic E-state index is 11.7. The Balaban J connectivity index is 2.81. The average Bonchev–Trinajstić information content (AvgIpc) is 2.58. The normalized spacial score (nSPS) is 29.4. The fraction of sp³-hybridized carbons (Fsp3) is 0.800. The van der Waals surface area contributed by atoms with Crippen molar-refractivity contribution in [3.8, 4) is 0 Å². The van der Waals surface area contributed by atoms with Gasteiger partial charge in [-0.05, 0) is 12.2 Å². The largest absolute Gasteiger partial charge is 0.480 e. The molecule has 1 saturated heterocycles. The number of aliphatic carboxylic acids is 1. The van der Waals surface area contributed by atoms with Crippen LogP contribution in [0, 0.1) is 0 Å². The van der Waals surface area contributed by atoms with Crippen LogP contribution in [0.5, 0.6) is 0 Å². The zero-order chi connectivity index (χ0) is 12.3. The van der Waals surface area contributed by atoms with Crippen LogP contribution >= 0.6 is 12.6 Å². The van der Waals surface area contributed by atoms with Gasteiger partial charge in [0.1, 0.15) is 6.04 Å². The lowest BCUT2D eigenvalue weighted by atomic mass is 9.97. The lowest BCUT2D eigenvalue weighted by Crippen LogP contribution is -2.41. The van der Waals surface area contributed by atoms with Crippen molar-refractivity contribution in [3.05, 3.63) is 0 Å². The molecule has 1 aliphatic rings. The molecule has 5 nitrogen and oxygen atoms in total. The van der Waals surface area contributed by atoms with Crippen molar-refractivity contribution in [3.63, 3.8) is 0 Å². The monoisotopic (exact) mass is 247 g/mol. The van der Waals surface area contributed by atoms with E-state index in [0.717, 1.165) is 0 Å². The molecule has 0 radical (unpaired) electrons. The van der Waals surface area contributed by atoms with Gasteiger partial charge in [-0.2, -0.15) is 12.6 Å².